The number of unbranched alkanes of at least 4 members (excludes halogenated alkanes) is 4. The SMILES string of the molecule is C[C@@H]1CN(S(=O)(=O)c2cccc(CCCCCCCS(=O)(=O)C(C)(C)C)c2)C[C@H](C)O1. The highest BCUT2D eigenvalue weighted by Crippen LogP contribution is 2.23. The van der Waals surface area contributed by atoms with Gasteiger partial charge < -0.3 is 4.74 Å². The van der Waals surface area contributed by atoms with E-state index in [2.05, 4.69) is 0 Å². The molecule has 8 heteroatoms. The van der Waals surface area contributed by atoms with Gasteiger partial charge >= 0.3 is 0 Å². The molecular formula is C23H39NO5S2. The molecule has 0 radical (unpaired) electrons. The molecular weight excluding hydrogens is 434 g/mol. The maximum absolute atomic E-state index is 13.1. The molecule has 0 unspecified atom stereocenters. The van der Waals surface area contributed by atoms with E-state index in [1.165, 1.54) is 4.31 Å². The molecule has 178 valence electrons. The van der Waals surface area contributed by atoms with Gasteiger partial charge in [0.25, 0.3) is 0 Å². The standard InChI is InChI=1S/C23H39NO5S2/c1-19-17-24(18-20(2)29-19)31(27,28)22-14-11-13-21(16-22)12-9-7-6-8-10-15-30(25,26)23(3,4)5/h11,13-14,16,19-20H,6-10,12,15,17-18H2,1-5H3/t19-,20+. The molecule has 0 saturated carbocycles. The second-order valence-electron chi connectivity index (χ2n) is 9.68. The number of benzene rings is 1. The van der Waals surface area contributed by atoms with E-state index in [0.717, 1.165) is 37.7 Å². The zero-order chi connectivity index (χ0) is 23.3. The van der Waals surface area contributed by atoms with Crippen molar-refractivity contribution in [3.8, 4) is 0 Å². The summed E-state index contributed by atoms with van der Waals surface area (Å²) in [6.07, 6.45) is 5.15. The van der Waals surface area contributed by atoms with Gasteiger partial charge in [-0.25, -0.2) is 16.8 Å². The van der Waals surface area contributed by atoms with Crippen molar-refractivity contribution in [2.75, 3.05) is 18.8 Å². The van der Waals surface area contributed by atoms with Gasteiger partial charge in [-0.3, -0.25) is 0 Å². The predicted octanol–water partition coefficient (Wildman–Crippen LogP) is 4.19. The van der Waals surface area contributed by atoms with Crippen molar-refractivity contribution in [2.45, 2.75) is 95.0 Å². The maximum Gasteiger partial charge on any atom is 0.243 e. The summed E-state index contributed by atoms with van der Waals surface area (Å²) in [4.78, 5) is 0.346. The number of sulfonamides is 1. The lowest BCUT2D eigenvalue weighted by molar-refractivity contribution is -0.0440. The Hall–Kier alpha value is -0.960. The lowest BCUT2D eigenvalue weighted by atomic mass is 10.1. The molecule has 0 bridgehead atoms. The molecule has 31 heavy (non-hydrogen) atoms. The minimum absolute atomic E-state index is 0.111. The van der Waals surface area contributed by atoms with Crippen molar-refractivity contribution >= 4 is 19.9 Å². The van der Waals surface area contributed by atoms with E-state index in [-0.39, 0.29) is 18.0 Å². The second-order valence-corrected chi connectivity index (χ2v) is 14.5. The van der Waals surface area contributed by atoms with E-state index in [1.807, 2.05) is 26.0 Å². The molecule has 0 amide bonds. The smallest absolute Gasteiger partial charge is 0.243 e. The third kappa shape index (κ3) is 7.55. The van der Waals surface area contributed by atoms with E-state index >= 15 is 0 Å². The molecule has 1 fully saturated rings. The summed E-state index contributed by atoms with van der Waals surface area (Å²) in [5, 5.41) is 0. The molecule has 1 saturated heterocycles. The van der Waals surface area contributed by atoms with E-state index in [1.54, 1.807) is 32.9 Å². The molecule has 6 nitrogen and oxygen atoms in total. The number of morpholine rings is 1. The fraction of sp³-hybridized carbons (Fsp3) is 0.739. The third-order valence-corrected chi connectivity index (χ3v) is 10.3. The van der Waals surface area contributed by atoms with Crippen LogP contribution in [0.15, 0.2) is 29.2 Å². The first kappa shape index (κ1) is 26.3. The number of nitrogens with zero attached hydrogens (tertiary/aromatic N) is 1. The van der Waals surface area contributed by atoms with Crippen molar-refractivity contribution in [2.24, 2.45) is 0 Å². The number of hydrogen-bond donors (Lipinski definition) is 0. The molecule has 1 aromatic rings. The first-order valence-electron chi connectivity index (χ1n) is 11.3. The monoisotopic (exact) mass is 473 g/mol. The number of hydrogen-bond acceptors (Lipinski definition) is 5. The van der Waals surface area contributed by atoms with Gasteiger partial charge in [-0.2, -0.15) is 4.31 Å². The Morgan fingerprint density at radius 2 is 1.52 bits per heavy atom. The van der Waals surface area contributed by atoms with Crippen molar-refractivity contribution in [3.05, 3.63) is 29.8 Å². The Bertz CT molecular complexity index is 910. The molecule has 0 aliphatic carbocycles. The summed E-state index contributed by atoms with van der Waals surface area (Å²) >= 11 is 0. The zero-order valence-corrected chi connectivity index (χ0v) is 21.3. The summed E-state index contributed by atoms with van der Waals surface area (Å²) < 4.78 is 56.9. The van der Waals surface area contributed by atoms with Crippen LogP contribution in [-0.2, 0) is 31.0 Å². The lowest BCUT2D eigenvalue weighted by Gasteiger charge is -2.34. The molecule has 1 aromatic carbocycles. The van der Waals surface area contributed by atoms with E-state index in [4.69, 9.17) is 4.74 Å². The van der Waals surface area contributed by atoms with Crippen LogP contribution in [-0.4, -0.2) is 56.9 Å². The van der Waals surface area contributed by atoms with E-state index in [0.29, 0.717) is 24.4 Å². The fourth-order valence-electron chi connectivity index (χ4n) is 3.80. The van der Waals surface area contributed by atoms with Crippen molar-refractivity contribution in [1.29, 1.82) is 0 Å². The van der Waals surface area contributed by atoms with Crippen LogP contribution >= 0.6 is 0 Å². The molecule has 2 rings (SSSR count). The quantitative estimate of drug-likeness (QED) is 0.476. The molecule has 1 heterocycles. The van der Waals surface area contributed by atoms with Crippen molar-refractivity contribution < 1.29 is 21.6 Å². The summed E-state index contributed by atoms with van der Waals surface area (Å²) in [6.45, 7) is 9.79. The second kappa shape index (κ2) is 10.8. The highest BCUT2D eigenvalue weighted by molar-refractivity contribution is 7.92. The maximum atomic E-state index is 13.1. The van der Waals surface area contributed by atoms with Gasteiger partial charge in [-0.05, 0) is 71.6 Å². The van der Waals surface area contributed by atoms with Gasteiger partial charge in [0.05, 0.1) is 27.6 Å². The topological polar surface area (TPSA) is 80.8 Å². The van der Waals surface area contributed by atoms with Gasteiger partial charge in [0.15, 0.2) is 9.84 Å². The van der Waals surface area contributed by atoms with Crippen LogP contribution in [0.5, 0.6) is 0 Å². The van der Waals surface area contributed by atoms with Gasteiger partial charge in [-0.15, -0.1) is 0 Å². The fourth-order valence-corrected chi connectivity index (χ4v) is 6.65. The molecule has 2 atom stereocenters. The Morgan fingerprint density at radius 1 is 0.935 bits per heavy atom. The Kier molecular flexibility index (Phi) is 9.14. The summed E-state index contributed by atoms with van der Waals surface area (Å²) in [6, 6.07) is 7.24. The van der Waals surface area contributed by atoms with Crippen LogP contribution in [0.25, 0.3) is 0 Å². The minimum Gasteiger partial charge on any atom is -0.373 e. The van der Waals surface area contributed by atoms with Gasteiger partial charge in [-0.1, -0.05) is 31.4 Å². The summed E-state index contributed by atoms with van der Waals surface area (Å²) in [7, 11) is -6.56. The molecule has 1 aliphatic heterocycles. The van der Waals surface area contributed by atoms with Crippen LogP contribution in [0.1, 0.15) is 72.3 Å². The molecule has 1 aliphatic rings. The largest absolute Gasteiger partial charge is 0.373 e. The summed E-state index contributed by atoms with van der Waals surface area (Å²) in [5.41, 5.74) is 1.02. The number of sulfone groups is 1. The Labute approximate surface area is 189 Å². The third-order valence-electron chi connectivity index (χ3n) is 5.73. The predicted molar refractivity (Wildman–Crippen MR) is 126 cm³/mol. The van der Waals surface area contributed by atoms with E-state index in [9.17, 15) is 16.8 Å². The Morgan fingerprint density at radius 3 is 2.13 bits per heavy atom. The van der Waals surface area contributed by atoms with Crippen molar-refractivity contribution in [3.63, 3.8) is 0 Å². The molecule has 0 N–H and O–H groups in total. The number of rotatable bonds is 10. The highest BCUT2D eigenvalue weighted by atomic mass is 32.2. The van der Waals surface area contributed by atoms with Gasteiger partial charge in [0, 0.05) is 13.1 Å². The number of aryl methyl sites for hydroxylation is 1. The first-order valence-corrected chi connectivity index (χ1v) is 14.4. The van der Waals surface area contributed by atoms with Crippen LogP contribution < -0.4 is 0 Å². The molecule has 0 aromatic heterocycles. The van der Waals surface area contributed by atoms with Crippen LogP contribution in [0.3, 0.4) is 0 Å². The highest BCUT2D eigenvalue weighted by Gasteiger charge is 2.32. The molecule has 0 spiro atoms. The normalized spacial score (nSPS) is 21.3. The average Bonchev–Trinajstić information content (AvgIpc) is 2.65. The minimum atomic E-state index is -3.52. The van der Waals surface area contributed by atoms with E-state index < -0.39 is 24.6 Å². The van der Waals surface area contributed by atoms with Crippen LogP contribution in [0.2, 0.25) is 0 Å². The first-order chi connectivity index (χ1) is 14.3. The number of ether oxygens (including phenoxy) is 1. The van der Waals surface area contributed by atoms with Crippen LogP contribution in [0.4, 0.5) is 0 Å². The van der Waals surface area contributed by atoms with Gasteiger partial charge in [0.1, 0.15) is 0 Å². The Balaban J connectivity index is 1.81. The lowest BCUT2D eigenvalue weighted by Crippen LogP contribution is -2.48. The summed E-state index contributed by atoms with van der Waals surface area (Å²) in [5.74, 6) is 0.245. The van der Waals surface area contributed by atoms with Crippen LogP contribution in [0, 0.1) is 0 Å². The average molecular weight is 474 g/mol. The van der Waals surface area contributed by atoms with Gasteiger partial charge in [0.2, 0.25) is 10.0 Å². The zero-order valence-electron chi connectivity index (χ0n) is 19.6. The van der Waals surface area contributed by atoms with Crippen molar-refractivity contribution in [1.82, 2.24) is 4.31 Å².